The molecule has 1 aromatic rings. The van der Waals surface area contributed by atoms with Gasteiger partial charge >= 0.3 is 5.76 Å². The summed E-state index contributed by atoms with van der Waals surface area (Å²) >= 11 is 0. The van der Waals surface area contributed by atoms with Crippen molar-refractivity contribution in [1.29, 1.82) is 0 Å². The quantitative estimate of drug-likeness (QED) is 0.788. The molecule has 1 atom stereocenters. The maximum atomic E-state index is 11.9. The van der Waals surface area contributed by atoms with Crippen molar-refractivity contribution in [3.8, 4) is 0 Å². The van der Waals surface area contributed by atoms with Gasteiger partial charge in [-0.15, -0.1) is 0 Å². The molecule has 0 aliphatic heterocycles. The predicted octanol–water partition coefficient (Wildman–Crippen LogP) is 0.613. The van der Waals surface area contributed by atoms with E-state index in [4.69, 9.17) is 0 Å². The van der Waals surface area contributed by atoms with Gasteiger partial charge in [-0.25, -0.2) is 13.1 Å². The van der Waals surface area contributed by atoms with Gasteiger partial charge < -0.3 is 0 Å². The summed E-state index contributed by atoms with van der Waals surface area (Å²) in [4.78, 5) is 0. The molecule has 0 saturated heterocycles. The minimum atomic E-state index is -4.55. The van der Waals surface area contributed by atoms with Crippen molar-refractivity contribution >= 4 is 10.0 Å². The number of aromatic nitrogens is 2. The van der Waals surface area contributed by atoms with Crippen LogP contribution >= 0.6 is 0 Å². The molecule has 14 heavy (non-hydrogen) atoms. The molecule has 8 heteroatoms. The molecule has 0 spiro atoms. The number of aromatic amines is 1. The normalized spacial score (nSPS) is 14.6. The van der Waals surface area contributed by atoms with Crippen molar-refractivity contribution in [3.63, 3.8) is 0 Å². The van der Waals surface area contributed by atoms with E-state index in [-0.39, 0.29) is 0 Å². The van der Waals surface area contributed by atoms with E-state index < -0.39 is 21.8 Å². The summed E-state index contributed by atoms with van der Waals surface area (Å²) in [5.74, 6) is -3.42. The summed E-state index contributed by atoms with van der Waals surface area (Å²) in [6.45, 7) is 1.45. The topological polar surface area (TPSA) is 74.8 Å². The van der Waals surface area contributed by atoms with E-state index in [1.54, 1.807) is 0 Å². The molecule has 1 aromatic heterocycles. The minimum absolute atomic E-state index is 0.495. The van der Waals surface area contributed by atoms with Crippen LogP contribution in [0.15, 0.2) is 12.4 Å². The molecule has 1 heterocycles. The fourth-order valence-corrected chi connectivity index (χ4v) is 1.60. The van der Waals surface area contributed by atoms with Crippen LogP contribution in [-0.2, 0) is 10.0 Å². The number of hydrogen-bond donors (Lipinski definition) is 2. The van der Waals surface area contributed by atoms with Crippen LogP contribution < -0.4 is 4.72 Å². The van der Waals surface area contributed by atoms with Gasteiger partial charge in [0.1, 0.15) is 0 Å². The molecule has 1 rings (SSSR count). The zero-order valence-corrected chi connectivity index (χ0v) is 8.05. The average Bonchev–Trinajstić information content (AvgIpc) is 2.54. The van der Waals surface area contributed by atoms with E-state index in [2.05, 4.69) is 10.2 Å². The van der Waals surface area contributed by atoms with E-state index >= 15 is 0 Å². The van der Waals surface area contributed by atoms with Crippen LogP contribution in [0.2, 0.25) is 0 Å². The maximum absolute atomic E-state index is 11.9. The number of rotatable bonds is 4. The van der Waals surface area contributed by atoms with Crippen LogP contribution in [0.3, 0.4) is 0 Å². The van der Waals surface area contributed by atoms with Crippen LogP contribution in [0.25, 0.3) is 0 Å². The molecule has 5 nitrogen and oxygen atoms in total. The number of H-pyrrole nitrogens is 1. The number of sulfonamides is 1. The van der Waals surface area contributed by atoms with Crippen molar-refractivity contribution in [2.45, 2.75) is 18.7 Å². The fourth-order valence-electron chi connectivity index (χ4n) is 0.864. The Balaban J connectivity index is 2.71. The van der Waals surface area contributed by atoms with Gasteiger partial charge in [-0.05, 0) is 6.92 Å². The molecule has 0 fully saturated rings. The third-order valence-corrected chi connectivity index (χ3v) is 2.75. The second kappa shape index (κ2) is 4.01. The fraction of sp³-hybridized carbons (Fsp3) is 0.500. The molecule has 0 saturated carbocycles. The van der Waals surface area contributed by atoms with Crippen molar-refractivity contribution in [2.75, 3.05) is 0 Å². The monoisotopic (exact) mass is 225 g/mol. The first-order chi connectivity index (χ1) is 6.43. The third-order valence-electron chi connectivity index (χ3n) is 1.59. The van der Waals surface area contributed by atoms with Gasteiger partial charge in [0, 0.05) is 17.8 Å². The second-order valence-electron chi connectivity index (χ2n) is 2.68. The summed E-state index contributed by atoms with van der Waals surface area (Å²) in [6, 6.07) is -0.729. The molecule has 80 valence electrons. The standard InChI is InChI=1S/C6H9F2N3O2S/c1-4(5-2-9-10-3-5)11-14(12,13)6(7)8/h2-4,6,11H,1H3,(H,9,10). The molecule has 0 amide bonds. The zero-order chi connectivity index (χ0) is 10.8. The number of nitrogens with zero attached hydrogens (tertiary/aromatic N) is 1. The number of hydrogen-bond acceptors (Lipinski definition) is 3. The summed E-state index contributed by atoms with van der Waals surface area (Å²) in [5.41, 5.74) is 0.495. The summed E-state index contributed by atoms with van der Waals surface area (Å²) in [6.07, 6.45) is 2.79. The van der Waals surface area contributed by atoms with E-state index in [9.17, 15) is 17.2 Å². The first-order valence-electron chi connectivity index (χ1n) is 3.71. The Morgan fingerprint density at radius 1 is 1.57 bits per heavy atom. The maximum Gasteiger partial charge on any atom is 0.350 e. The molecule has 0 radical (unpaired) electrons. The highest BCUT2D eigenvalue weighted by Crippen LogP contribution is 2.13. The van der Waals surface area contributed by atoms with Crippen LogP contribution in [-0.4, -0.2) is 24.4 Å². The van der Waals surface area contributed by atoms with E-state index in [0.717, 1.165) is 0 Å². The average molecular weight is 225 g/mol. The first-order valence-corrected chi connectivity index (χ1v) is 5.26. The Morgan fingerprint density at radius 2 is 2.21 bits per heavy atom. The van der Waals surface area contributed by atoms with Gasteiger partial charge in [0.15, 0.2) is 0 Å². The van der Waals surface area contributed by atoms with Crippen molar-refractivity contribution in [2.24, 2.45) is 0 Å². The van der Waals surface area contributed by atoms with Crippen LogP contribution in [0.5, 0.6) is 0 Å². The lowest BCUT2D eigenvalue weighted by atomic mass is 10.2. The van der Waals surface area contributed by atoms with Gasteiger partial charge in [0.2, 0.25) is 0 Å². The number of nitrogens with one attached hydrogen (secondary N) is 2. The number of alkyl halides is 2. The molecule has 1 unspecified atom stereocenters. The lowest BCUT2D eigenvalue weighted by Gasteiger charge is -2.11. The zero-order valence-electron chi connectivity index (χ0n) is 7.24. The van der Waals surface area contributed by atoms with Gasteiger partial charge in [-0.2, -0.15) is 13.9 Å². The van der Waals surface area contributed by atoms with E-state index in [1.165, 1.54) is 19.3 Å². The van der Waals surface area contributed by atoms with Gasteiger partial charge in [-0.3, -0.25) is 5.10 Å². The Labute approximate surface area is 79.6 Å². The number of halogens is 2. The lowest BCUT2D eigenvalue weighted by molar-refractivity contribution is 0.231. The van der Waals surface area contributed by atoms with Crippen LogP contribution in [0.4, 0.5) is 8.78 Å². The molecule has 2 N–H and O–H groups in total. The molecular weight excluding hydrogens is 216 g/mol. The highest BCUT2D eigenvalue weighted by Gasteiger charge is 2.26. The van der Waals surface area contributed by atoms with Crippen molar-refractivity contribution in [1.82, 2.24) is 14.9 Å². The van der Waals surface area contributed by atoms with Crippen molar-refractivity contribution < 1.29 is 17.2 Å². The van der Waals surface area contributed by atoms with Crippen molar-refractivity contribution in [3.05, 3.63) is 18.0 Å². The minimum Gasteiger partial charge on any atom is -0.285 e. The SMILES string of the molecule is CC(NS(=O)(=O)C(F)F)c1cn[nH]c1. The first kappa shape index (κ1) is 11.1. The van der Waals surface area contributed by atoms with Gasteiger partial charge in [0.25, 0.3) is 10.0 Å². The van der Waals surface area contributed by atoms with E-state index in [1.807, 2.05) is 4.72 Å². The smallest absolute Gasteiger partial charge is 0.285 e. The van der Waals surface area contributed by atoms with Crippen LogP contribution in [0.1, 0.15) is 18.5 Å². The summed E-state index contributed by atoms with van der Waals surface area (Å²) < 4.78 is 47.2. The predicted molar refractivity (Wildman–Crippen MR) is 45.1 cm³/mol. The van der Waals surface area contributed by atoms with Gasteiger partial charge in [0.05, 0.1) is 6.20 Å². The Morgan fingerprint density at radius 3 is 2.64 bits per heavy atom. The molecule has 0 bridgehead atoms. The molecular formula is C6H9F2N3O2S. The largest absolute Gasteiger partial charge is 0.350 e. The molecule has 0 aliphatic carbocycles. The Bertz CT molecular complexity index is 376. The molecule has 0 aromatic carbocycles. The highest BCUT2D eigenvalue weighted by molar-refractivity contribution is 7.89. The Hall–Kier alpha value is -1.02. The summed E-state index contributed by atoms with van der Waals surface area (Å²) in [5, 5.41) is 6.02. The van der Waals surface area contributed by atoms with Crippen LogP contribution in [0, 0.1) is 0 Å². The van der Waals surface area contributed by atoms with E-state index in [0.29, 0.717) is 5.56 Å². The molecule has 0 aliphatic rings. The van der Waals surface area contributed by atoms with Gasteiger partial charge in [-0.1, -0.05) is 0 Å². The third kappa shape index (κ3) is 2.48. The highest BCUT2D eigenvalue weighted by atomic mass is 32.2. The summed E-state index contributed by atoms with van der Waals surface area (Å²) in [7, 11) is -4.55. The Kier molecular flexibility index (Phi) is 3.17. The lowest BCUT2D eigenvalue weighted by Crippen LogP contribution is -2.31. The second-order valence-corrected chi connectivity index (χ2v) is 4.36.